The Morgan fingerprint density at radius 1 is 1.24 bits per heavy atom. The number of fused-ring (bicyclic) bond motifs is 1. The summed E-state index contributed by atoms with van der Waals surface area (Å²) in [5.41, 5.74) is 7.01. The lowest BCUT2D eigenvalue weighted by molar-refractivity contribution is -0.0970. The number of hydrogen-bond donors (Lipinski definition) is 2. The number of nitrogens with one attached hydrogen (secondary N) is 1. The molecule has 178 valence electrons. The molecule has 1 fully saturated rings. The molecule has 4 rings (SSSR count). The zero-order valence-electron chi connectivity index (χ0n) is 18.7. The van der Waals surface area contributed by atoms with E-state index in [2.05, 4.69) is 20.0 Å². The second-order valence-electron chi connectivity index (χ2n) is 7.91. The number of aromatic nitrogens is 4. The number of imidazole rings is 1. The second kappa shape index (κ2) is 10.6. The van der Waals surface area contributed by atoms with E-state index < -0.39 is 7.52 Å². The van der Waals surface area contributed by atoms with Crippen LogP contribution in [0.15, 0.2) is 43.0 Å². The van der Waals surface area contributed by atoms with Crippen molar-refractivity contribution in [1.29, 1.82) is 0 Å². The molecule has 1 aromatic carbocycles. The molecular formula is C21H29N6O5P. The first-order chi connectivity index (χ1) is 15.9. The van der Waals surface area contributed by atoms with Crippen LogP contribution in [0.25, 0.3) is 11.2 Å². The van der Waals surface area contributed by atoms with Crippen molar-refractivity contribution < 1.29 is 23.3 Å². The van der Waals surface area contributed by atoms with E-state index in [4.69, 9.17) is 24.5 Å². The van der Waals surface area contributed by atoms with Crippen molar-refractivity contribution in [2.24, 2.45) is 0 Å². The van der Waals surface area contributed by atoms with Gasteiger partial charge in [0.05, 0.1) is 44.9 Å². The van der Waals surface area contributed by atoms with Crippen LogP contribution in [0.4, 0.5) is 5.82 Å². The number of anilines is 1. The van der Waals surface area contributed by atoms with Crippen LogP contribution in [0.1, 0.15) is 13.8 Å². The summed E-state index contributed by atoms with van der Waals surface area (Å²) < 4.78 is 38.7. The highest BCUT2D eigenvalue weighted by atomic mass is 31.2. The quantitative estimate of drug-likeness (QED) is 0.420. The van der Waals surface area contributed by atoms with E-state index in [1.54, 1.807) is 18.5 Å². The number of hydrogen-bond acceptors (Lipinski definition) is 9. The molecule has 11 nitrogen and oxygen atoms in total. The standard InChI is InChI=1S/C21H29N6O5P/c1-15(10-27-13-25-19-20(22)23-12-24-21(19)27)31-14-33(28,32-17-6-4-3-5-7-17)26-16(2)18-11-29-8-9-30-18/h3-7,12-13,15-16,18H,8-11,14H2,1-2H3,(H,26,28)(H2,22,23,24)/t15-,16+,18?,33?/m1/s1. The first-order valence-electron chi connectivity index (χ1n) is 10.8. The summed E-state index contributed by atoms with van der Waals surface area (Å²) in [6, 6.07) is 8.75. The average molecular weight is 476 g/mol. The molecule has 1 aliphatic heterocycles. The predicted octanol–water partition coefficient (Wildman–Crippen LogP) is 2.44. The molecule has 2 unspecified atom stereocenters. The van der Waals surface area contributed by atoms with Gasteiger partial charge in [0, 0.05) is 6.04 Å². The Kier molecular flexibility index (Phi) is 7.56. The third-order valence-electron chi connectivity index (χ3n) is 5.21. The van der Waals surface area contributed by atoms with Crippen LogP contribution in [0.5, 0.6) is 5.75 Å². The molecule has 1 saturated heterocycles. The van der Waals surface area contributed by atoms with Gasteiger partial charge in [0.1, 0.15) is 23.9 Å². The Bertz CT molecular complexity index is 1090. The average Bonchev–Trinajstić information content (AvgIpc) is 3.23. The fraction of sp³-hybridized carbons (Fsp3) is 0.476. The Balaban J connectivity index is 1.43. The third-order valence-corrected chi connectivity index (χ3v) is 7.00. The van der Waals surface area contributed by atoms with E-state index in [0.29, 0.717) is 49.1 Å². The number of rotatable bonds is 10. The van der Waals surface area contributed by atoms with Crippen molar-refractivity contribution in [3.05, 3.63) is 43.0 Å². The number of nitrogens with two attached hydrogens (primary N) is 1. The normalized spacial score (nSPS) is 20.2. The molecule has 33 heavy (non-hydrogen) atoms. The zero-order valence-corrected chi connectivity index (χ0v) is 19.6. The number of nitrogens with zero attached hydrogens (tertiary/aromatic N) is 4. The SMILES string of the molecule is C[C@H](Cn1cnc2c(N)ncnc21)OCP(=O)(N[C@@H](C)C1COCCO1)Oc1ccccc1. The molecule has 0 amide bonds. The third kappa shape index (κ3) is 6.07. The minimum absolute atomic E-state index is 0.134. The molecule has 0 aliphatic carbocycles. The Morgan fingerprint density at radius 3 is 2.82 bits per heavy atom. The summed E-state index contributed by atoms with van der Waals surface area (Å²) in [6.07, 6.45) is 2.36. The molecule has 1 aliphatic rings. The minimum Gasteiger partial charge on any atom is -0.431 e. The van der Waals surface area contributed by atoms with E-state index in [9.17, 15) is 4.57 Å². The zero-order chi connectivity index (χ0) is 23.3. The van der Waals surface area contributed by atoms with Crippen molar-refractivity contribution in [2.45, 2.75) is 38.6 Å². The van der Waals surface area contributed by atoms with Crippen molar-refractivity contribution in [1.82, 2.24) is 24.6 Å². The van der Waals surface area contributed by atoms with Gasteiger partial charge in [-0.15, -0.1) is 0 Å². The topological polar surface area (TPSA) is 136 Å². The first kappa shape index (κ1) is 23.6. The van der Waals surface area contributed by atoms with Gasteiger partial charge in [-0.3, -0.25) is 4.57 Å². The lowest BCUT2D eigenvalue weighted by Gasteiger charge is -2.31. The molecule has 3 aromatic rings. The summed E-state index contributed by atoms with van der Waals surface area (Å²) in [6.45, 7) is 5.70. The van der Waals surface area contributed by atoms with Crippen molar-refractivity contribution >= 4 is 24.5 Å². The van der Waals surface area contributed by atoms with E-state index in [1.165, 1.54) is 6.33 Å². The van der Waals surface area contributed by atoms with Gasteiger partial charge >= 0.3 is 7.52 Å². The maximum absolute atomic E-state index is 13.8. The molecule has 0 spiro atoms. The van der Waals surface area contributed by atoms with Gasteiger partial charge in [-0.2, -0.15) is 0 Å². The summed E-state index contributed by atoms with van der Waals surface area (Å²) in [5, 5.41) is 3.11. The number of nitrogen functional groups attached to an aromatic ring is 1. The number of para-hydroxylation sites is 1. The summed E-state index contributed by atoms with van der Waals surface area (Å²) >= 11 is 0. The molecule has 4 atom stereocenters. The smallest absolute Gasteiger partial charge is 0.342 e. The maximum atomic E-state index is 13.8. The van der Waals surface area contributed by atoms with E-state index in [0.717, 1.165) is 0 Å². The van der Waals surface area contributed by atoms with Crippen LogP contribution in [0.2, 0.25) is 0 Å². The molecule has 12 heteroatoms. The monoisotopic (exact) mass is 476 g/mol. The molecule has 0 saturated carbocycles. The van der Waals surface area contributed by atoms with Crippen LogP contribution in [0, 0.1) is 0 Å². The summed E-state index contributed by atoms with van der Waals surface area (Å²) in [4.78, 5) is 12.5. The molecule has 0 bridgehead atoms. The van der Waals surface area contributed by atoms with Crippen LogP contribution in [-0.2, 0) is 25.3 Å². The molecule has 3 heterocycles. The number of benzene rings is 1. The van der Waals surface area contributed by atoms with E-state index in [-0.39, 0.29) is 24.6 Å². The van der Waals surface area contributed by atoms with Gasteiger partial charge < -0.3 is 29.0 Å². The maximum Gasteiger partial charge on any atom is 0.342 e. The van der Waals surface area contributed by atoms with Gasteiger partial charge in [-0.1, -0.05) is 18.2 Å². The Hall–Kier alpha value is -2.56. The van der Waals surface area contributed by atoms with Crippen LogP contribution < -0.4 is 15.3 Å². The fourth-order valence-corrected chi connectivity index (χ4v) is 5.40. The lowest BCUT2D eigenvalue weighted by atomic mass is 10.2. The molecule has 3 N–H and O–H groups in total. The van der Waals surface area contributed by atoms with Gasteiger partial charge in [0.2, 0.25) is 0 Å². The minimum atomic E-state index is -3.44. The lowest BCUT2D eigenvalue weighted by Crippen LogP contribution is -2.44. The van der Waals surface area contributed by atoms with E-state index in [1.807, 2.05) is 36.6 Å². The summed E-state index contributed by atoms with van der Waals surface area (Å²) in [5.74, 6) is 0.811. The van der Waals surface area contributed by atoms with Gasteiger partial charge in [0.25, 0.3) is 0 Å². The molecular weight excluding hydrogens is 447 g/mol. The highest BCUT2D eigenvalue weighted by molar-refractivity contribution is 7.57. The summed E-state index contributed by atoms with van der Waals surface area (Å²) in [7, 11) is -3.44. The Labute approximate surface area is 192 Å². The Morgan fingerprint density at radius 2 is 2.06 bits per heavy atom. The molecule has 0 radical (unpaired) electrons. The van der Waals surface area contributed by atoms with E-state index >= 15 is 0 Å². The first-order valence-corrected chi connectivity index (χ1v) is 12.6. The van der Waals surface area contributed by atoms with Crippen LogP contribution in [0.3, 0.4) is 0 Å². The van der Waals surface area contributed by atoms with Crippen LogP contribution in [-0.4, -0.2) is 63.9 Å². The van der Waals surface area contributed by atoms with Crippen molar-refractivity contribution in [3.8, 4) is 5.75 Å². The predicted molar refractivity (Wildman–Crippen MR) is 123 cm³/mol. The van der Waals surface area contributed by atoms with Gasteiger partial charge in [0.15, 0.2) is 11.5 Å². The largest absolute Gasteiger partial charge is 0.431 e. The van der Waals surface area contributed by atoms with Crippen molar-refractivity contribution in [2.75, 3.05) is 31.9 Å². The fourth-order valence-electron chi connectivity index (χ4n) is 3.52. The highest BCUT2D eigenvalue weighted by Gasteiger charge is 2.33. The highest BCUT2D eigenvalue weighted by Crippen LogP contribution is 2.44. The molecule has 2 aromatic heterocycles. The van der Waals surface area contributed by atoms with Gasteiger partial charge in [-0.25, -0.2) is 20.0 Å². The second-order valence-corrected chi connectivity index (χ2v) is 9.96. The van der Waals surface area contributed by atoms with Crippen LogP contribution >= 0.6 is 7.52 Å². The van der Waals surface area contributed by atoms with Gasteiger partial charge in [-0.05, 0) is 26.0 Å². The van der Waals surface area contributed by atoms with Crippen molar-refractivity contribution in [3.63, 3.8) is 0 Å². The number of ether oxygens (including phenoxy) is 3.